The van der Waals surface area contributed by atoms with Crippen LogP contribution in [0, 0.1) is 0 Å². The van der Waals surface area contributed by atoms with Gasteiger partial charge in [-0.25, -0.2) is 0 Å². The van der Waals surface area contributed by atoms with E-state index in [2.05, 4.69) is 16.0 Å². The van der Waals surface area contributed by atoms with E-state index in [1.165, 1.54) is 0 Å². The van der Waals surface area contributed by atoms with Crippen molar-refractivity contribution in [3.8, 4) is 11.1 Å². The van der Waals surface area contributed by atoms with E-state index in [4.69, 9.17) is 4.42 Å². The highest BCUT2D eigenvalue weighted by atomic mass is 16.3. The SMILES string of the molecule is CCNC(=O)c1ccccc1-c1ccc(CN2C(=O)C(NC(=O)CC(C)(C)NCc3ccco3)CCc3ccccc32)cc1. The van der Waals surface area contributed by atoms with E-state index < -0.39 is 11.6 Å². The second-order valence-corrected chi connectivity index (χ2v) is 11.8. The first kappa shape index (κ1) is 30.8. The van der Waals surface area contributed by atoms with Gasteiger partial charge in [0.15, 0.2) is 0 Å². The third kappa shape index (κ3) is 7.44. The zero-order chi connectivity index (χ0) is 31.1. The van der Waals surface area contributed by atoms with Crippen LogP contribution in [0.25, 0.3) is 11.1 Å². The van der Waals surface area contributed by atoms with E-state index in [0.717, 1.165) is 33.7 Å². The maximum atomic E-state index is 14.0. The third-order valence-corrected chi connectivity index (χ3v) is 7.92. The van der Waals surface area contributed by atoms with Crippen LogP contribution in [-0.4, -0.2) is 35.8 Å². The average Bonchev–Trinajstić information content (AvgIpc) is 3.51. The van der Waals surface area contributed by atoms with Crippen LogP contribution in [0.2, 0.25) is 0 Å². The van der Waals surface area contributed by atoms with Crippen LogP contribution in [0.1, 0.15) is 60.9 Å². The molecule has 0 fully saturated rings. The van der Waals surface area contributed by atoms with Crippen molar-refractivity contribution in [2.45, 2.75) is 64.7 Å². The van der Waals surface area contributed by atoms with Crippen molar-refractivity contribution < 1.29 is 18.8 Å². The predicted octanol–water partition coefficient (Wildman–Crippen LogP) is 5.62. The molecule has 44 heavy (non-hydrogen) atoms. The van der Waals surface area contributed by atoms with Crippen molar-refractivity contribution in [1.82, 2.24) is 16.0 Å². The predicted molar refractivity (Wildman–Crippen MR) is 172 cm³/mol. The van der Waals surface area contributed by atoms with Crippen molar-refractivity contribution in [1.29, 1.82) is 0 Å². The van der Waals surface area contributed by atoms with E-state index in [1.807, 2.05) is 106 Å². The van der Waals surface area contributed by atoms with Crippen LogP contribution < -0.4 is 20.9 Å². The van der Waals surface area contributed by atoms with Crippen LogP contribution in [-0.2, 0) is 29.1 Å². The zero-order valence-corrected chi connectivity index (χ0v) is 25.6. The Labute approximate surface area is 258 Å². The number of carbonyl (C=O) groups excluding carboxylic acids is 3. The van der Waals surface area contributed by atoms with Gasteiger partial charge >= 0.3 is 0 Å². The molecule has 1 unspecified atom stereocenters. The largest absolute Gasteiger partial charge is 0.468 e. The van der Waals surface area contributed by atoms with Gasteiger partial charge in [-0.15, -0.1) is 0 Å². The molecule has 0 aliphatic carbocycles. The zero-order valence-electron chi connectivity index (χ0n) is 25.6. The van der Waals surface area contributed by atoms with Crippen LogP contribution in [0.15, 0.2) is 95.6 Å². The molecule has 228 valence electrons. The van der Waals surface area contributed by atoms with Gasteiger partial charge in [0.05, 0.1) is 19.4 Å². The van der Waals surface area contributed by atoms with Gasteiger partial charge in [-0.1, -0.05) is 60.7 Å². The van der Waals surface area contributed by atoms with E-state index in [1.54, 1.807) is 11.2 Å². The minimum absolute atomic E-state index is 0.108. The number of anilines is 1. The molecule has 3 aromatic carbocycles. The van der Waals surface area contributed by atoms with Crippen LogP contribution >= 0.6 is 0 Å². The summed E-state index contributed by atoms with van der Waals surface area (Å²) in [4.78, 5) is 41.6. The topological polar surface area (TPSA) is 104 Å². The smallest absolute Gasteiger partial charge is 0.251 e. The molecule has 0 spiro atoms. The minimum atomic E-state index is -0.640. The first-order valence-electron chi connectivity index (χ1n) is 15.2. The van der Waals surface area contributed by atoms with Crippen molar-refractivity contribution in [2.75, 3.05) is 11.4 Å². The maximum absolute atomic E-state index is 14.0. The lowest BCUT2D eigenvalue weighted by atomic mass is 9.98. The summed E-state index contributed by atoms with van der Waals surface area (Å²) < 4.78 is 5.40. The highest BCUT2D eigenvalue weighted by molar-refractivity contribution is 6.01. The number of rotatable bonds is 11. The summed E-state index contributed by atoms with van der Waals surface area (Å²) in [6, 6.07) is 26.5. The van der Waals surface area contributed by atoms with Gasteiger partial charge in [-0.2, -0.15) is 0 Å². The summed E-state index contributed by atoms with van der Waals surface area (Å²) in [6.07, 6.45) is 3.04. The Kier molecular flexibility index (Phi) is 9.60. The summed E-state index contributed by atoms with van der Waals surface area (Å²) in [6.45, 7) is 7.25. The number of fused-ring (bicyclic) bond motifs is 1. The van der Waals surface area contributed by atoms with Gasteiger partial charge < -0.3 is 25.3 Å². The van der Waals surface area contributed by atoms with E-state index in [-0.39, 0.29) is 24.1 Å². The van der Waals surface area contributed by atoms with E-state index in [0.29, 0.717) is 38.0 Å². The Hall–Kier alpha value is -4.69. The maximum Gasteiger partial charge on any atom is 0.251 e. The lowest BCUT2D eigenvalue weighted by Crippen LogP contribution is -2.50. The van der Waals surface area contributed by atoms with Crippen molar-refractivity contribution in [3.63, 3.8) is 0 Å². The molecule has 8 heteroatoms. The number of furan rings is 1. The molecule has 1 aliphatic rings. The Balaban J connectivity index is 1.31. The number of hydrogen-bond acceptors (Lipinski definition) is 5. The van der Waals surface area contributed by atoms with Crippen LogP contribution in [0.3, 0.4) is 0 Å². The lowest BCUT2D eigenvalue weighted by molar-refractivity contribution is -0.128. The molecule has 1 aromatic heterocycles. The average molecular weight is 593 g/mol. The number of hydrogen-bond donors (Lipinski definition) is 3. The summed E-state index contributed by atoms with van der Waals surface area (Å²) in [7, 11) is 0. The molecule has 3 N–H and O–H groups in total. The number of amides is 3. The molecule has 0 radical (unpaired) electrons. The molecular formula is C36H40N4O4. The van der Waals surface area contributed by atoms with Crippen LogP contribution in [0.5, 0.6) is 0 Å². The van der Waals surface area contributed by atoms with Crippen molar-refractivity contribution in [2.24, 2.45) is 0 Å². The van der Waals surface area contributed by atoms with Crippen molar-refractivity contribution >= 4 is 23.4 Å². The number of carbonyl (C=O) groups is 3. The van der Waals surface area contributed by atoms with Crippen molar-refractivity contribution in [3.05, 3.63) is 114 Å². The number of nitrogens with zero attached hydrogens (tertiary/aromatic N) is 1. The molecule has 5 rings (SSSR count). The number of nitrogens with one attached hydrogen (secondary N) is 3. The summed E-state index contributed by atoms with van der Waals surface area (Å²) in [5.41, 5.74) is 4.78. The Bertz CT molecular complexity index is 1590. The van der Waals surface area contributed by atoms with Gasteiger partial charge in [0, 0.05) is 29.8 Å². The standard InChI is InChI=1S/C36H40N4O4/c1-4-37-34(42)30-13-7-6-12-29(30)26-17-15-25(16-18-26)24-40-32-14-8-5-10-27(32)19-20-31(35(40)43)39-33(41)22-36(2,3)38-23-28-11-9-21-44-28/h5-18,21,31,38H,4,19-20,22-24H2,1-3H3,(H,37,42)(H,39,41). The number of para-hydroxylation sites is 1. The molecule has 0 saturated heterocycles. The number of benzene rings is 3. The van der Waals surface area contributed by atoms with Gasteiger partial charge in [-0.05, 0) is 80.1 Å². The first-order valence-corrected chi connectivity index (χ1v) is 15.2. The normalized spacial score (nSPS) is 14.9. The van der Waals surface area contributed by atoms with E-state index in [9.17, 15) is 14.4 Å². The first-order chi connectivity index (χ1) is 21.2. The molecule has 8 nitrogen and oxygen atoms in total. The second kappa shape index (κ2) is 13.7. The summed E-state index contributed by atoms with van der Waals surface area (Å²) in [5, 5.41) is 9.28. The number of aryl methyl sites for hydroxylation is 1. The van der Waals surface area contributed by atoms with Gasteiger partial charge in [0.1, 0.15) is 11.8 Å². The Morgan fingerprint density at radius 1 is 0.955 bits per heavy atom. The molecule has 1 aliphatic heterocycles. The highest BCUT2D eigenvalue weighted by Crippen LogP contribution is 2.30. The minimum Gasteiger partial charge on any atom is -0.468 e. The second-order valence-electron chi connectivity index (χ2n) is 11.8. The highest BCUT2D eigenvalue weighted by Gasteiger charge is 2.32. The van der Waals surface area contributed by atoms with Gasteiger partial charge in [-0.3, -0.25) is 14.4 Å². The third-order valence-electron chi connectivity index (χ3n) is 7.92. The van der Waals surface area contributed by atoms with Gasteiger partial charge in [0.25, 0.3) is 5.91 Å². The molecular weight excluding hydrogens is 552 g/mol. The summed E-state index contributed by atoms with van der Waals surface area (Å²) >= 11 is 0. The molecule has 0 bridgehead atoms. The fourth-order valence-electron chi connectivity index (χ4n) is 5.62. The molecule has 2 heterocycles. The Morgan fingerprint density at radius 2 is 1.70 bits per heavy atom. The van der Waals surface area contributed by atoms with E-state index >= 15 is 0 Å². The van der Waals surface area contributed by atoms with Gasteiger partial charge in [0.2, 0.25) is 11.8 Å². The monoisotopic (exact) mass is 592 g/mol. The van der Waals surface area contributed by atoms with Crippen LogP contribution in [0.4, 0.5) is 5.69 Å². The molecule has 0 saturated carbocycles. The summed E-state index contributed by atoms with van der Waals surface area (Å²) in [5.74, 6) is 0.380. The Morgan fingerprint density at radius 3 is 2.45 bits per heavy atom. The fraction of sp³-hybridized carbons (Fsp3) is 0.306. The molecule has 3 amide bonds. The molecule has 4 aromatic rings. The quantitative estimate of drug-likeness (QED) is 0.210. The fourth-order valence-corrected chi connectivity index (χ4v) is 5.62. The molecule has 1 atom stereocenters. The lowest BCUT2D eigenvalue weighted by Gasteiger charge is -2.29.